The highest BCUT2D eigenvalue weighted by atomic mass is 79.9. The number of anilines is 1. The lowest BCUT2D eigenvalue weighted by Gasteiger charge is -2.14. The van der Waals surface area contributed by atoms with Gasteiger partial charge in [-0.1, -0.05) is 15.9 Å². The maximum atomic E-state index is 11.6. The first-order valence-corrected chi connectivity index (χ1v) is 6.68. The number of nitrogens with one attached hydrogen (secondary N) is 1. The molecule has 0 aliphatic heterocycles. The van der Waals surface area contributed by atoms with Gasteiger partial charge in [-0.05, 0) is 24.6 Å². The van der Waals surface area contributed by atoms with Gasteiger partial charge < -0.3 is 15.2 Å². The summed E-state index contributed by atoms with van der Waals surface area (Å²) in [5.74, 6) is -0.297. The molecule has 2 N–H and O–H groups in total. The van der Waals surface area contributed by atoms with Gasteiger partial charge in [0, 0.05) is 16.7 Å². The highest BCUT2D eigenvalue weighted by molar-refractivity contribution is 9.10. The van der Waals surface area contributed by atoms with Crippen molar-refractivity contribution in [2.24, 2.45) is 0 Å². The maximum Gasteiger partial charge on any atom is 0.340 e. The molecule has 0 aliphatic carbocycles. The fraction of sp³-hybridized carbons (Fsp3) is 0.417. The van der Waals surface area contributed by atoms with Crippen molar-refractivity contribution in [1.29, 1.82) is 0 Å². The summed E-state index contributed by atoms with van der Waals surface area (Å²) in [6.45, 7) is 2.18. The van der Waals surface area contributed by atoms with Gasteiger partial charge in [-0.15, -0.1) is 11.6 Å². The number of esters is 1. The Bertz CT molecular complexity index is 440. The number of rotatable bonds is 5. The average molecular weight is 337 g/mol. The van der Waals surface area contributed by atoms with Crippen molar-refractivity contribution in [3.8, 4) is 0 Å². The molecule has 6 heteroatoms. The molecule has 0 amide bonds. The van der Waals surface area contributed by atoms with Crippen molar-refractivity contribution in [2.45, 2.75) is 13.0 Å². The van der Waals surface area contributed by atoms with Gasteiger partial charge in [-0.25, -0.2) is 4.79 Å². The minimum Gasteiger partial charge on any atom is -0.465 e. The van der Waals surface area contributed by atoms with E-state index < -0.39 is 12.1 Å². The van der Waals surface area contributed by atoms with Crippen LogP contribution in [0, 0.1) is 6.92 Å². The molecular formula is C12H15BrClNO3. The second kappa shape index (κ2) is 6.97. The number of ether oxygens (including phenoxy) is 1. The van der Waals surface area contributed by atoms with Crippen LogP contribution in [-0.4, -0.2) is 36.7 Å². The molecule has 1 unspecified atom stereocenters. The minimum atomic E-state index is -0.666. The van der Waals surface area contributed by atoms with E-state index in [4.69, 9.17) is 16.3 Å². The Morgan fingerprint density at radius 2 is 2.28 bits per heavy atom. The van der Waals surface area contributed by atoms with E-state index in [1.165, 1.54) is 7.11 Å². The number of carbonyl (C=O) groups is 1. The van der Waals surface area contributed by atoms with E-state index in [0.29, 0.717) is 11.3 Å². The topological polar surface area (TPSA) is 58.6 Å². The van der Waals surface area contributed by atoms with E-state index in [9.17, 15) is 9.90 Å². The van der Waals surface area contributed by atoms with Crippen LogP contribution in [0.1, 0.15) is 15.9 Å². The fourth-order valence-electron chi connectivity index (χ4n) is 1.39. The van der Waals surface area contributed by atoms with E-state index in [1.54, 1.807) is 6.07 Å². The minimum absolute atomic E-state index is 0.135. The molecule has 100 valence electrons. The lowest BCUT2D eigenvalue weighted by molar-refractivity contribution is 0.0601. The van der Waals surface area contributed by atoms with Crippen LogP contribution < -0.4 is 5.32 Å². The van der Waals surface area contributed by atoms with Gasteiger partial charge in [0.05, 0.1) is 24.7 Å². The smallest absolute Gasteiger partial charge is 0.340 e. The normalized spacial score (nSPS) is 12.1. The Labute approximate surface area is 119 Å². The highest BCUT2D eigenvalue weighted by Gasteiger charge is 2.14. The number of aryl methyl sites for hydroxylation is 1. The molecule has 1 aromatic rings. The molecule has 0 saturated carbocycles. The number of aliphatic hydroxyl groups excluding tert-OH is 1. The van der Waals surface area contributed by atoms with Gasteiger partial charge in [-0.2, -0.15) is 0 Å². The third-order valence-corrected chi connectivity index (χ3v) is 3.62. The molecule has 0 bridgehead atoms. The zero-order chi connectivity index (χ0) is 13.7. The predicted molar refractivity (Wildman–Crippen MR) is 75.4 cm³/mol. The number of methoxy groups -OCH3 is 1. The van der Waals surface area contributed by atoms with Crippen LogP contribution in [0.4, 0.5) is 5.69 Å². The third-order valence-electron chi connectivity index (χ3n) is 2.41. The molecule has 0 aliphatic rings. The summed E-state index contributed by atoms with van der Waals surface area (Å²) in [7, 11) is 1.33. The molecule has 0 aromatic heterocycles. The molecular weight excluding hydrogens is 321 g/mol. The van der Waals surface area contributed by atoms with Crippen molar-refractivity contribution in [2.75, 3.05) is 24.9 Å². The first-order chi connectivity index (χ1) is 8.49. The van der Waals surface area contributed by atoms with E-state index in [1.807, 2.05) is 13.0 Å². The van der Waals surface area contributed by atoms with E-state index in [0.717, 1.165) is 10.0 Å². The first-order valence-electron chi connectivity index (χ1n) is 5.36. The number of hydrogen-bond donors (Lipinski definition) is 2. The van der Waals surface area contributed by atoms with Gasteiger partial charge in [0.15, 0.2) is 0 Å². The summed E-state index contributed by atoms with van der Waals surface area (Å²) in [5.41, 5.74) is 2.01. The SMILES string of the molecule is COC(=O)c1cc(Br)c(C)cc1NCC(O)CCl. The molecule has 1 rings (SSSR count). The van der Waals surface area contributed by atoms with Crippen molar-refractivity contribution in [3.63, 3.8) is 0 Å². The van der Waals surface area contributed by atoms with Crippen LogP contribution in [0.15, 0.2) is 16.6 Å². The lowest BCUT2D eigenvalue weighted by atomic mass is 10.1. The standard InChI is InChI=1S/C12H15BrClNO3/c1-7-3-11(15-6-8(16)5-14)9(4-10(7)13)12(17)18-2/h3-4,8,15-16H,5-6H2,1-2H3. The largest absolute Gasteiger partial charge is 0.465 e. The quantitative estimate of drug-likeness (QED) is 0.641. The van der Waals surface area contributed by atoms with Gasteiger partial charge >= 0.3 is 5.97 Å². The Hall–Kier alpha value is -0.780. The monoisotopic (exact) mass is 335 g/mol. The van der Waals surface area contributed by atoms with Crippen LogP contribution in [0.2, 0.25) is 0 Å². The van der Waals surface area contributed by atoms with Crippen molar-refractivity contribution >= 4 is 39.2 Å². The number of hydrogen-bond acceptors (Lipinski definition) is 4. The zero-order valence-corrected chi connectivity index (χ0v) is 12.5. The van der Waals surface area contributed by atoms with Gasteiger partial charge in [0.1, 0.15) is 0 Å². The number of carbonyl (C=O) groups excluding carboxylic acids is 1. The third kappa shape index (κ3) is 3.86. The molecule has 0 heterocycles. The number of alkyl halides is 1. The lowest BCUT2D eigenvalue weighted by Crippen LogP contribution is -2.22. The summed E-state index contributed by atoms with van der Waals surface area (Å²) in [5, 5.41) is 12.4. The molecule has 1 atom stereocenters. The molecule has 4 nitrogen and oxygen atoms in total. The fourth-order valence-corrected chi connectivity index (χ4v) is 1.84. The van der Waals surface area contributed by atoms with Gasteiger partial charge in [0.2, 0.25) is 0 Å². The number of halogens is 2. The summed E-state index contributed by atoms with van der Waals surface area (Å²) in [4.78, 5) is 11.6. The van der Waals surface area contributed by atoms with Gasteiger partial charge in [0.25, 0.3) is 0 Å². The molecule has 1 aromatic carbocycles. The average Bonchev–Trinajstić information content (AvgIpc) is 2.38. The zero-order valence-electron chi connectivity index (χ0n) is 10.2. The number of benzene rings is 1. The van der Waals surface area contributed by atoms with Crippen molar-refractivity contribution in [1.82, 2.24) is 0 Å². The second-order valence-corrected chi connectivity index (χ2v) is 4.99. The first kappa shape index (κ1) is 15.3. The Balaban J connectivity index is 3.00. The van der Waals surface area contributed by atoms with Crippen LogP contribution in [-0.2, 0) is 4.74 Å². The summed E-state index contributed by atoms with van der Waals surface area (Å²) < 4.78 is 5.54. The van der Waals surface area contributed by atoms with E-state index in [-0.39, 0.29) is 12.4 Å². The van der Waals surface area contributed by atoms with Gasteiger partial charge in [-0.3, -0.25) is 0 Å². The van der Waals surface area contributed by atoms with Crippen molar-refractivity contribution < 1.29 is 14.6 Å². The number of aliphatic hydroxyl groups is 1. The summed E-state index contributed by atoms with van der Waals surface area (Å²) >= 11 is 8.88. The Morgan fingerprint density at radius 1 is 1.61 bits per heavy atom. The maximum absolute atomic E-state index is 11.6. The van der Waals surface area contributed by atoms with E-state index >= 15 is 0 Å². The predicted octanol–water partition coefficient (Wildman–Crippen LogP) is 2.56. The highest BCUT2D eigenvalue weighted by Crippen LogP contribution is 2.25. The Morgan fingerprint density at radius 3 is 2.83 bits per heavy atom. The molecule has 0 fully saturated rings. The summed E-state index contributed by atoms with van der Waals surface area (Å²) in [6.07, 6.45) is -0.666. The van der Waals surface area contributed by atoms with Crippen molar-refractivity contribution in [3.05, 3.63) is 27.7 Å². The van der Waals surface area contributed by atoms with Crippen LogP contribution in [0.5, 0.6) is 0 Å². The summed E-state index contributed by atoms with van der Waals surface area (Å²) in [6, 6.07) is 3.51. The second-order valence-electron chi connectivity index (χ2n) is 3.83. The molecule has 0 saturated heterocycles. The Kier molecular flexibility index (Phi) is 5.91. The molecule has 0 radical (unpaired) electrons. The molecule has 0 spiro atoms. The van der Waals surface area contributed by atoms with E-state index in [2.05, 4.69) is 21.2 Å². The van der Waals surface area contributed by atoms with Crippen LogP contribution >= 0.6 is 27.5 Å². The van der Waals surface area contributed by atoms with Crippen LogP contribution in [0.25, 0.3) is 0 Å². The van der Waals surface area contributed by atoms with Crippen LogP contribution in [0.3, 0.4) is 0 Å². The molecule has 18 heavy (non-hydrogen) atoms.